The van der Waals surface area contributed by atoms with Crippen LogP contribution in [0, 0.1) is 6.92 Å². The van der Waals surface area contributed by atoms with Crippen LogP contribution >= 0.6 is 0 Å². The number of ether oxygens (including phenoxy) is 1. The second-order valence-corrected chi connectivity index (χ2v) is 6.79. The van der Waals surface area contributed by atoms with Crippen molar-refractivity contribution in [3.05, 3.63) is 62.6 Å². The van der Waals surface area contributed by atoms with Gasteiger partial charge in [0, 0.05) is 17.6 Å². The first-order valence-electron chi connectivity index (χ1n) is 8.70. The van der Waals surface area contributed by atoms with Gasteiger partial charge in [0.1, 0.15) is 24.0 Å². The zero-order chi connectivity index (χ0) is 20.0. The van der Waals surface area contributed by atoms with E-state index in [2.05, 4.69) is 5.16 Å². The van der Waals surface area contributed by atoms with Gasteiger partial charge in [-0.25, -0.2) is 4.79 Å². The average Bonchev–Trinajstić information content (AvgIpc) is 3.20. The molecule has 1 aliphatic rings. The van der Waals surface area contributed by atoms with Crippen LogP contribution in [0.15, 0.2) is 44.6 Å². The number of aliphatic hydroxyl groups is 3. The van der Waals surface area contributed by atoms with Crippen molar-refractivity contribution in [2.45, 2.75) is 38.0 Å². The number of aromatic nitrogens is 3. The molecule has 3 heterocycles. The molecule has 1 fully saturated rings. The molecule has 148 valence electrons. The lowest BCUT2D eigenvalue weighted by Gasteiger charge is -2.18. The Hall–Kier alpha value is -2.79. The van der Waals surface area contributed by atoms with E-state index in [1.807, 2.05) is 19.1 Å². The lowest BCUT2D eigenvalue weighted by atomic mass is 10.1. The van der Waals surface area contributed by atoms with Gasteiger partial charge in [0.15, 0.2) is 11.8 Å². The molecule has 4 atom stereocenters. The summed E-state index contributed by atoms with van der Waals surface area (Å²) in [5.41, 5.74) is 0.620. The molecule has 0 aliphatic carbocycles. The monoisotopic (exact) mass is 389 g/mol. The fraction of sp³-hybridized carbons (Fsp3) is 0.389. The second-order valence-electron chi connectivity index (χ2n) is 6.79. The minimum Gasteiger partial charge on any atom is -0.394 e. The van der Waals surface area contributed by atoms with Crippen molar-refractivity contribution in [3.8, 4) is 0 Å². The third kappa shape index (κ3) is 2.96. The van der Waals surface area contributed by atoms with Crippen LogP contribution in [0.5, 0.6) is 0 Å². The van der Waals surface area contributed by atoms with E-state index in [4.69, 9.17) is 9.26 Å². The van der Waals surface area contributed by atoms with Gasteiger partial charge in [-0.3, -0.25) is 13.9 Å². The van der Waals surface area contributed by atoms with Gasteiger partial charge in [-0.1, -0.05) is 16.8 Å². The Balaban J connectivity index is 1.74. The van der Waals surface area contributed by atoms with Crippen molar-refractivity contribution in [3.63, 3.8) is 0 Å². The zero-order valence-electron chi connectivity index (χ0n) is 14.9. The summed E-state index contributed by atoms with van der Waals surface area (Å²) in [4.78, 5) is 25.2. The maximum Gasteiger partial charge on any atom is 0.333 e. The molecule has 3 N–H and O–H groups in total. The van der Waals surface area contributed by atoms with Gasteiger partial charge in [0.25, 0.3) is 5.56 Å². The predicted molar refractivity (Wildman–Crippen MR) is 95.8 cm³/mol. The molecule has 1 aliphatic heterocycles. The van der Waals surface area contributed by atoms with Crippen molar-refractivity contribution in [1.82, 2.24) is 14.3 Å². The average molecular weight is 389 g/mol. The summed E-state index contributed by atoms with van der Waals surface area (Å²) in [6, 6.07) is 6.62. The van der Waals surface area contributed by atoms with Crippen molar-refractivity contribution >= 4 is 11.0 Å². The SMILES string of the molecule is Cc1ccc2onc(Cn3c(=O)ccn(C4OC(CO)C(O)C4O)c3=O)c2c1. The minimum atomic E-state index is -1.43. The standard InChI is InChI=1S/C18H19N3O7/c1-9-2-3-12-10(6-9)11(19-28-12)7-21-14(23)4-5-20(18(21)26)17-16(25)15(24)13(8-22)27-17/h2-6,13,15-17,22,24-25H,7-8H2,1H3. The molecule has 0 amide bonds. The molecule has 0 saturated carbocycles. The van der Waals surface area contributed by atoms with Crippen LogP contribution < -0.4 is 11.2 Å². The van der Waals surface area contributed by atoms with Crippen LogP contribution in [-0.4, -0.2) is 54.5 Å². The number of rotatable bonds is 4. The third-order valence-corrected chi connectivity index (χ3v) is 4.89. The molecule has 28 heavy (non-hydrogen) atoms. The van der Waals surface area contributed by atoms with E-state index in [-0.39, 0.29) is 6.54 Å². The summed E-state index contributed by atoms with van der Waals surface area (Å²) in [6.45, 7) is 1.25. The summed E-state index contributed by atoms with van der Waals surface area (Å²) in [5, 5.41) is 33.9. The van der Waals surface area contributed by atoms with E-state index in [9.17, 15) is 24.9 Å². The van der Waals surface area contributed by atoms with E-state index in [1.54, 1.807) is 6.07 Å². The summed E-state index contributed by atoms with van der Waals surface area (Å²) >= 11 is 0. The predicted octanol–water partition coefficient (Wildman–Crippen LogP) is -0.881. The van der Waals surface area contributed by atoms with Crippen LogP contribution in [0.4, 0.5) is 0 Å². The molecule has 10 heteroatoms. The summed E-state index contributed by atoms with van der Waals surface area (Å²) in [5.74, 6) is 0. The Bertz CT molecular complexity index is 1130. The van der Waals surface area contributed by atoms with Crippen molar-refractivity contribution in [1.29, 1.82) is 0 Å². The Morgan fingerprint density at radius 1 is 1.18 bits per heavy atom. The number of aliphatic hydroxyl groups excluding tert-OH is 3. The fourth-order valence-corrected chi connectivity index (χ4v) is 3.35. The van der Waals surface area contributed by atoms with E-state index >= 15 is 0 Å². The van der Waals surface area contributed by atoms with E-state index in [0.717, 1.165) is 20.8 Å². The topological polar surface area (TPSA) is 140 Å². The van der Waals surface area contributed by atoms with Gasteiger partial charge < -0.3 is 24.6 Å². The normalized spacial score (nSPS) is 24.9. The fourth-order valence-electron chi connectivity index (χ4n) is 3.35. The minimum absolute atomic E-state index is 0.135. The number of hydrogen-bond donors (Lipinski definition) is 3. The molecule has 0 radical (unpaired) electrons. The smallest absolute Gasteiger partial charge is 0.333 e. The Morgan fingerprint density at radius 3 is 2.68 bits per heavy atom. The largest absolute Gasteiger partial charge is 0.394 e. The first kappa shape index (κ1) is 18.6. The molecule has 3 aromatic rings. The molecule has 4 rings (SSSR count). The molecular formula is C18H19N3O7. The highest BCUT2D eigenvalue weighted by Crippen LogP contribution is 2.28. The highest BCUT2D eigenvalue weighted by molar-refractivity contribution is 5.80. The van der Waals surface area contributed by atoms with Crippen LogP contribution in [0.25, 0.3) is 11.0 Å². The van der Waals surface area contributed by atoms with Crippen molar-refractivity contribution in [2.75, 3.05) is 6.61 Å². The first-order valence-corrected chi connectivity index (χ1v) is 8.70. The van der Waals surface area contributed by atoms with E-state index in [0.29, 0.717) is 16.7 Å². The number of fused-ring (bicyclic) bond motifs is 1. The second kappa shape index (κ2) is 6.99. The highest BCUT2D eigenvalue weighted by Gasteiger charge is 2.43. The van der Waals surface area contributed by atoms with Gasteiger partial charge in [-0.15, -0.1) is 0 Å². The summed E-state index contributed by atoms with van der Waals surface area (Å²) < 4.78 is 12.6. The summed E-state index contributed by atoms with van der Waals surface area (Å²) in [7, 11) is 0. The molecule has 1 aromatic carbocycles. The number of hydrogen-bond acceptors (Lipinski definition) is 8. The van der Waals surface area contributed by atoms with Gasteiger partial charge in [0.05, 0.1) is 13.2 Å². The first-order chi connectivity index (χ1) is 13.4. The third-order valence-electron chi connectivity index (χ3n) is 4.89. The van der Waals surface area contributed by atoms with Gasteiger partial charge in [-0.05, 0) is 19.1 Å². The number of nitrogens with zero attached hydrogens (tertiary/aromatic N) is 3. The summed E-state index contributed by atoms with van der Waals surface area (Å²) in [6.07, 6.45) is -3.87. The van der Waals surface area contributed by atoms with Gasteiger partial charge in [0.2, 0.25) is 0 Å². The Kier molecular flexibility index (Phi) is 4.63. The molecule has 4 unspecified atom stereocenters. The zero-order valence-corrected chi connectivity index (χ0v) is 14.9. The van der Waals surface area contributed by atoms with Crippen LogP contribution in [0.2, 0.25) is 0 Å². The lowest BCUT2D eigenvalue weighted by molar-refractivity contribution is -0.0555. The molecular weight excluding hydrogens is 370 g/mol. The van der Waals surface area contributed by atoms with Crippen LogP contribution in [0.3, 0.4) is 0 Å². The Labute approximate surface area is 157 Å². The molecule has 0 bridgehead atoms. The van der Waals surface area contributed by atoms with Gasteiger partial charge >= 0.3 is 5.69 Å². The lowest BCUT2D eigenvalue weighted by Crippen LogP contribution is -2.43. The van der Waals surface area contributed by atoms with E-state index in [1.165, 1.54) is 6.20 Å². The van der Waals surface area contributed by atoms with Gasteiger partial charge in [-0.2, -0.15) is 0 Å². The molecule has 0 spiro atoms. The van der Waals surface area contributed by atoms with E-state index < -0.39 is 42.4 Å². The maximum atomic E-state index is 12.9. The Morgan fingerprint density at radius 2 is 1.96 bits per heavy atom. The quantitative estimate of drug-likeness (QED) is 0.523. The highest BCUT2D eigenvalue weighted by atomic mass is 16.6. The van der Waals surface area contributed by atoms with Crippen molar-refractivity contribution < 1.29 is 24.6 Å². The molecule has 1 saturated heterocycles. The van der Waals surface area contributed by atoms with Crippen LogP contribution in [0.1, 0.15) is 17.5 Å². The number of aryl methyl sites for hydroxylation is 1. The van der Waals surface area contributed by atoms with Crippen LogP contribution in [-0.2, 0) is 11.3 Å². The molecule has 10 nitrogen and oxygen atoms in total. The number of benzene rings is 1. The maximum absolute atomic E-state index is 12.9. The molecule has 2 aromatic heterocycles. The van der Waals surface area contributed by atoms with Crippen molar-refractivity contribution in [2.24, 2.45) is 0 Å².